The van der Waals surface area contributed by atoms with Gasteiger partial charge in [-0.25, -0.2) is 21.6 Å². The second-order valence-electron chi connectivity index (χ2n) is 23.2. The first kappa shape index (κ1) is 47.9. The van der Waals surface area contributed by atoms with Gasteiger partial charge in [0.25, 0.3) is 0 Å². The zero-order valence-corrected chi connectivity index (χ0v) is 40.6. The summed E-state index contributed by atoms with van der Waals surface area (Å²) in [5.41, 5.74) is 0.602. The van der Waals surface area contributed by atoms with Gasteiger partial charge >= 0.3 is 11.9 Å². The van der Waals surface area contributed by atoms with E-state index in [1.807, 2.05) is 20.8 Å². The lowest BCUT2D eigenvalue weighted by Crippen LogP contribution is -2.69. The number of sulfone groups is 1. The number of fused-ring (bicyclic) bond motifs is 7. The summed E-state index contributed by atoms with van der Waals surface area (Å²) in [6.07, 6.45) is 10.5. The zero-order valence-electron chi connectivity index (χ0n) is 39.0. The van der Waals surface area contributed by atoms with Gasteiger partial charge in [-0.15, -0.1) is 0 Å². The van der Waals surface area contributed by atoms with Crippen LogP contribution in [0, 0.1) is 56.7 Å². The minimum absolute atomic E-state index is 0.0725. The third kappa shape index (κ3) is 8.56. The number of nitrogens with one attached hydrogen (secondary N) is 2. The molecule has 13 heteroatoms. The standard InChI is InChI=1S/C47H81N3O8S2/c1-30(2)33-15-20-47(48-29-35(32(5)49-60(56,57)31(3)4)50-23-25-59(54,55)26-24-50)22-21-45(11)34(41(33)47)13-14-37-44(10)18-17-38(43(8,9)36(44)16-19-46(37,45)12)58-40(53)28-42(6,7)27-39(51)52/h31-38,41,48-49H,1,13-29H2,2-12H3,(H,51,52)/t32?,33-,34+,35?,36-,37+,38-,41+,44-,45+,46+,47-/m0/s1. The van der Waals surface area contributed by atoms with Gasteiger partial charge in [-0.2, -0.15) is 0 Å². The van der Waals surface area contributed by atoms with Crippen LogP contribution in [0.25, 0.3) is 0 Å². The number of sulfonamides is 1. The predicted octanol–water partition coefficient (Wildman–Crippen LogP) is 7.60. The van der Waals surface area contributed by atoms with Crippen molar-refractivity contribution in [3.05, 3.63) is 12.2 Å². The van der Waals surface area contributed by atoms with Crippen molar-refractivity contribution in [2.75, 3.05) is 31.1 Å². The molecule has 5 saturated carbocycles. The molecule has 2 unspecified atom stereocenters. The second-order valence-corrected chi connectivity index (χ2v) is 27.8. The molecule has 12 atom stereocenters. The summed E-state index contributed by atoms with van der Waals surface area (Å²) >= 11 is 0. The van der Waals surface area contributed by atoms with Gasteiger partial charge in [0.2, 0.25) is 10.0 Å². The summed E-state index contributed by atoms with van der Waals surface area (Å²) in [7, 11) is -6.65. The third-order valence-electron chi connectivity index (χ3n) is 18.6. The zero-order chi connectivity index (χ0) is 44.6. The van der Waals surface area contributed by atoms with Crippen molar-refractivity contribution >= 4 is 31.8 Å². The first-order chi connectivity index (χ1) is 27.5. The molecular weight excluding hydrogens is 799 g/mol. The molecule has 0 spiro atoms. The first-order valence-corrected chi connectivity index (χ1v) is 26.7. The van der Waals surface area contributed by atoms with E-state index >= 15 is 0 Å². The molecular formula is C47H81N3O8S2. The Balaban J connectivity index is 1.24. The number of aliphatic carboxylic acids is 1. The van der Waals surface area contributed by atoms with E-state index in [1.54, 1.807) is 13.8 Å². The maximum atomic E-state index is 13.3. The van der Waals surface area contributed by atoms with Crippen molar-refractivity contribution < 1.29 is 36.3 Å². The van der Waals surface area contributed by atoms with Gasteiger partial charge in [0.1, 0.15) is 6.10 Å². The smallest absolute Gasteiger partial charge is 0.306 e. The Bertz CT molecular complexity index is 1870. The number of rotatable bonds is 14. The Morgan fingerprint density at radius 3 is 2.13 bits per heavy atom. The molecule has 0 aromatic rings. The number of nitrogens with zero attached hydrogens (tertiary/aromatic N) is 1. The normalized spacial score (nSPS) is 40.0. The van der Waals surface area contributed by atoms with Gasteiger partial charge in [-0.1, -0.05) is 60.6 Å². The highest BCUT2D eigenvalue weighted by atomic mass is 32.2. The molecule has 0 aromatic carbocycles. The summed E-state index contributed by atoms with van der Waals surface area (Å²) < 4.78 is 60.6. The highest BCUT2D eigenvalue weighted by molar-refractivity contribution is 7.91. The molecule has 6 rings (SSSR count). The second kappa shape index (κ2) is 16.5. The average molecular weight is 880 g/mol. The molecule has 0 aromatic heterocycles. The summed E-state index contributed by atoms with van der Waals surface area (Å²) in [6, 6.07) is -0.594. The van der Waals surface area contributed by atoms with E-state index in [-0.39, 0.29) is 69.7 Å². The van der Waals surface area contributed by atoms with Crippen molar-refractivity contribution in [3.8, 4) is 0 Å². The van der Waals surface area contributed by atoms with E-state index in [9.17, 15) is 31.5 Å². The highest BCUT2D eigenvalue weighted by Crippen LogP contribution is 2.76. The number of carbonyl (C=O) groups excluding carboxylic acids is 1. The largest absolute Gasteiger partial charge is 0.481 e. The molecule has 0 amide bonds. The van der Waals surface area contributed by atoms with E-state index in [0.717, 1.165) is 57.8 Å². The van der Waals surface area contributed by atoms with Crippen molar-refractivity contribution in [3.63, 3.8) is 0 Å². The molecule has 0 bridgehead atoms. The molecule has 1 saturated heterocycles. The number of carboxylic acid groups (broad SMARTS) is 1. The van der Waals surface area contributed by atoms with Crippen LogP contribution in [-0.4, -0.2) is 98.9 Å². The number of carboxylic acids is 1. The molecule has 60 heavy (non-hydrogen) atoms. The predicted molar refractivity (Wildman–Crippen MR) is 238 cm³/mol. The maximum absolute atomic E-state index is 13.3. The first-order valence-electron chi connectivity index (χ1n) is 23.3. The van der Waals surface area contributed by atoms with Crippen LogP contribution in [0.15, 0.2) is 12.2 Å². The van der Waals surface area contributed by atoms with E-state index in [4.69, 9.17) is 4.74 Å². The third-order valence-corrected chi connectivity index (χ3v) is 22.1. The minimum Gasteiger partial charge on any atom is -0.481 e. The van der Waals surface area contributed by atoms with Crippen LogP contribution >= 0.6 is 0 Å². The van der Waals surface area contributed by atoms with Gasteiger partial charge in [0.05, 0.1) is 29.6 Å². The Morgan fingerprint density at radius 2 is 1.53 bits per heavy atom. The number of ether oxygens (including phenoxy) is 1. The highest BCUT2D eigenvalue weighted by Gasteiger charge is 2.71. The van der Waals surface area contributed by atoms with Gasteiger partial charge < -0.3 is 15.2 Å². The lowest BCUT2D eigenvalue weighted by molar-refractivity contribution is -0.246. The molecule has 1 heterocycles. The fourth-order valence-electron chi connectivity index (χ4n) is 15.2. The fourth-order valence-corrected chi connectivity index (χ4v) is 17.3. The SMILES string of the molecule is C=C(C)[C@@H]1CC[C@]2(NCC(C(C)NS(=O)(=O)C(C)C)N3CCS(=O)(=O)CC3)CC[C@]3(C)[C@H](CC[C@@H]4[C@@]5(C)CC[C@H](OC(=O)CC(C)(C)CC(=O)O)C(C)(C)[C@@H]5CC[C@]43C)[C@@H]12. The van der Waals surface area contributed by atoms with Crippen molar-refractivity contribution in [1.29, 1.82) is 0 Å². The van der Waals surface area contributed by atoms with Crippen molar-refractivity contribution in [2.24, 2.45) is 56.7 Å². The maximum Gasteiger partial charge on any atom is 0.306 e. The van der Waals surface area contributed by atoms with Crippen LogP contribution in [0.5, 0.6) is 0 Å². The Morgan fingerprint density at radius 1 is 0.883 bits per heavy atom. The van der Waals surface area contributed by atoms with Gasteiger partial charge in [-0.05, 0) is 143 Å². The van der Waals surface area contributed by atoms with Crippen LogP contribution < -0.4 is 10.0 Å². The summed E-state index contributed by atoms with van der Waals surface area (Å²) in [5, 5.41) is 13.0. The summed E-state index contributed by atoms with van der Waals surface area (Å²) in [6.45, 7) is 29.6. The Labute approximate surface area is 363 Å². The Hall–Kier alpha value is -1.54. The molecule has 0 radical (unpaired) electrons. The van der Waals surface area contributed by atoms with Crippen LogP contribution in [0.2, 0.25) is 0 Å². The number of hydrogen-bond donors (Lipinski definition) is 3. The van der Waals surface area contributed by atoms with E-state index in [0.29, 0.717) is 49.2 Å². The average Bonchev–Trinajstić information content (AvgIpc) is 3.49. The van der Waals surface area contributed by atoms with E-state index in [1.165, 1.54) is 12.0 Å². The Kier molecular flexibility index (Phi) is 13.2. The lowest BCUT2D eigenvalue weighted by Gasteiger charge is -2.73. The van der Waals surface area contributed by atoms with Gasteiger partial charge in [0, 0.05) is 42.7 Å². The summed E-state index contributed by atoms with van der Waals surface area (Å²) in [5.74, 6) is 1.23. The fraction of sp³-hybridized carbons (Fsp3) is 0.915. The molecule has 1 aliphatic heterocycles. The van der Waals surface area contributed by atoms with Gasteiger partial charge in [0.15, 0.2) is 9.84 Å². The number of allylic oxidation sites excluding steroid dienone is 1. The van der Waals surface area contributed by atoms with E-state index < -0.39 is 42.5 Å². The van der Waals surface area contributed by atoms with Crippen LogP contribution in [0.4, 0.5) is 0 Å². The molecule has 5 aliphatic carbocycles. The quantitative estimate of drug-likeness (QED) is 0.117. The molecule has 344 valence electrons. The minimum atomic E-state index is -3.54. The number of hydrogen-bond acceptors (Lipinski definition) is 9. The number of carbonyl (C=O) groups is 2. The molecule has 6 aliphatic rings. The van der Waals surface area contributed by atoms with Crippen LogP contribution in [-0.2, 0) is 34.2 Å². The molecule has 6 fully saturated rings. The van der Waals surface area contributed by atoms with Crippen molar-refractivity contribution in [1.82, 2.24) is 14.9 Å². The van der Waals surface area contributed by atoms with Crippen molar-refractivity contribution in [2.45, 2.75) is 182 Å². The summed E-state index contributed by atoms with van der Waals surface area (Å²) in [4.78, 5) is 27.0. The molecule has 3 N–H and O–H groups in total. The van der Waals surface area contributed by atoms with Gasteiger partial charge in [-0.3, -0.25) is 14.5 Å². The van der Waals surface area contributed by atoms with E-state index in [2.05, 4.69) is 63.1 Å². The monoisotopic (exact) mass is 880 g/mol. The van der Waals surface area contributed by atoms with Crippen LogP contribution in [0.3, 0.4) is 0 Å². The number of esters is 1. The topological polar surface area (TPSA) is 159 Å². The molecule has 11 nitrogen and oxygen atoms in total. The lowest BCUT2D eigenvalue weighted by atomic mass is 9.32. The van der Waals surface area contributed by atoms with Crippen LogP contribution in [0.1, 0.15) is 153 Å².